The van der Waals surface area contributed by atoms with E-state index in [0.717, 1.165) is 22.3 Å². The first kappa shape index (κ1) is 26.6. The lowest BCUT2D eigenvalue weighted by molar-refractivity contribution is -0.140. The standard InChI is InChI=1S/C30H24Cl4N2O3/c31-17-13-14-22(32)23(16-17)35-24(37)12-2-1-7-15-36-27(38)25-26(28(36)39)30(34)19-9-4-3-8-18(19)29(25,33)20-10-5-6-11-21(20)30/h3-6,8-11,13-14,16,25-26H,1-2,7,12,15H2,(H,35,37)/t25-,26-,29?,30?/m1/s1. The summed E-state index contributed by atoms with van der Waals surface area (Å²) in [5, 5.41) is 3.66. The van der Waals surface area contributed by atoms with Gasteiger partial charge in [-0.15, -0.1) is 23.2 Å². The van der Waals surface area contributed by atoms with Crippen LogP contribution in [0.25, 0.3) is 0 Å². The van der Waals surface area contributed by atoms with Crippen LogP contribution in [0, 0.1) is 11.8 Å². The zero-order valence-electron chi connectivity index (χ0n) is 20.7. The third kappa shape index (κ3) is 3.93. The van der Waals surface area contributed by atoms with Gasteiger partial charge in [-0.2, -0.15) is 0 Å². The minimum absolute atomic E-state index is 0.182. The van der Waals surface area contributed by atoms with E-state index in [1.54, 1.807) is 18.2 Å². The van der Waals surface area contributed by atoms with Crippen LogP contribution < -0.4 is 5.32 Å². The first-order chi connectivity index (χ1) is 18.7. The van der Waals surface area contributed by atoms with Gasteiger partial charge in [0.25, 0.3) is 0 Å². The van der Waals surface area contributed by atoms with Gasteiger partial charge in [0.1, 0.15) is 9.75 Å². The molecule has 200 valence electrons. The molecule has 5 nitrogen and oxygen atoms in total. The molecule has 2 bridgehead atoms. The number of unbranched alkanes of at least 4 members (excludes halogenated alkanes) is 2. The van der Waals surface area contributed by atoms with Crippen molar-refractivity contribution in [2.24, 2.45) is 11.8 Å². The topological polar surface area (TPSA) is 66.5 Å². The molecule has 4 aliphatic rings. The Bertz CT molecular complexity index is 1400. The van der Waals surface area contributed by atoms with Crippen molar-refractivity contribution >= 4 is 69.8 Å². The molecule has 0 spiro atoms. The van der Waals surface area contributed by atoms with Gasteiger partial charge in [0.15, 0.2) is 0 Å². The van der Waals surface area contributed by atoms with Crippen molar-refractivity contribution in [3.63, 3.8) is 0 Å². The van der Waals surface area contributed by atoms with Crippen molar-refractivity contribution in [2.45, 2.75) is 35.4 Å². The molecular formula is C30H24Cl4N2O3. The molecule has 3 aromatic rings. The Balaban J connectivity index is 1.16. The molecule has 0 aromatic heterocycles. The summed E-state index contributed by atoms with van der Waals surface area (Å²) in [5.74, 6) is -2.34. The maximum absolute atomic E-state index is 13.8. The average molecular weight is 602 g/mol. The van der Waals surface area contributed by atoms with Gasteiger partial charge in [-0.25, -0.2) is 0 Å². The van der Waals surface area contributed by atoms with Gasteiger partial charge in [-0.3, -0.25) is 19.3 Å². The number of benzene rings is 3. The summed E-state index contributed by atoms with van der Waals surface area (Å²) < 4.78 is 0. The third-order valence-electron chi connectivity index (χ3n) is 8.16. The van der Waals surface area contributed by atoms with Gasteiger partial charge in [0.05, 0.1) is 22.5 Å². The minimum atomic E-state index is -1.17. The van der Waals surface area contributed by atoms with Crippen LogP contribution in [-0.4, -0.2) is 29.2 Å². The van der Waals surface area contributed by atoms with Crippen LogP contribution in [0.5, 0.6) is 0 Å². The van der Waals surface area contributed by atoms with Crippen LogP contribution in [0.15, 0.2) is 66.7 Å². The highest BCUT2D eigenvalue weighted by molar-refractivity contribution is 6.36. The van der Waals surface area contributed by atoms with E-state index in [1.165, 1.54) is 4.90 Å². The number of carbonyl (C=O) groups is 3. The van der Waals surface area contributed by atoms with E-state index >= 15 is 0 Å². The van der Waals surface area contributed by atoms with Gasteiger partial charge in [-0.05, 0) is 53.3 Å². The number of nitrogens with one attached hydrogen (secondary N) is 1. The van der Waals surface area contributed by atoms with E-state index in [1.807, 2.05) is 48.5 Å². The number of amides is 3. The lowest BCUT2D eigenvalue weighted by Crippen LogP contribution is -2.57. The summed E-state index contributed by atoms with van der Waals surface area (Å²) in [6.07, 6.45) is 2.08. The predicted molar refractivity (Wildman–Crippen MR) is 153 cm³/mol. The molecule has 9 heteroatoms. The van der Waals surface area contributed by atoms with Crippen molar-refractivity contribution < 1.29 is 14.4 Å². The van der Waals surface area contributed by atoms with E-state index in [4.69, 9.17) is 46.4 Å². The van der Waals surface area contributed by atoms with Crippen molar-refractivity contribution in [2.75, 3.05) is 11.9 Å². The Morgan fingerprint density at radius 3 is 1.79 bits per heavy atom. The molecule has 3 amide bonds. The van der Waals surface area contributed by atoms with Crippen molar-refractivity contribution in [1.82, 2.24) is 4.90 Å². The van der Waals surface area contributed by atoms with Gasteiger partial charge in [0, 0.05) is 18.0 Å². The number of hydrogen-bond donors (Lipinski definition) is 1. The van der Waals surface area contributed by atoms with Crippen LogP contribution in [0.1, 0.15) is 47.9 Å². The normalized spacial score (nSPS) is 26.3. The Hall–Kier alpha value is -2.57. The number of carbonyl (C=O) groups excluding carboxylic acids is 3. The number of likely N-dealkylation sites (tertiary alicyclic amines) is 1. The molecule has 1 N–H and O–H groups in total. The van der Waals surface area contributed by atoms with Crippen molar-refractivity contribution in [1.29, 1.82) is 0 Å². The summed E-state index contributed by atoms with van der Waals surface area (Å²) >= 11 is 27.0. The van der Waals surface area contributed by atoms with Crippen LogP contribution >= 0.6 is 46.4 Å². The smallest absolute Gasteiger partial charge is 0.235 e. The zero-order chi connectivity index (χ0) is 27.5. The SMILES string of the molecule is O=C(CCCCCN1C(=O)[C@H]2[C@H](C1=O)C1(Cl)c3ccccc3C2(Cl)c2ccccc21)Nc1cc(Cl)ccc1Cl. The molecular weight excluding hydrogens is 578 g/mol. The summed E-state index contributed by atoms with van der Waals surface area (Å²) in [4.78, 5) is 39.0. The summed E-state index contributed by atoms with van der Waals surface area (Å²) in [5.41, 5.74) is 3.61. The minimum Gasteiger partial charge on any atom is -0.325 e. The first-order valence-corrected chi connectivity index (χ1v) is 14.4. The summed E-state index contributed by atoms with van der Waals surface area (Å²) in [7, 11) is 0. The maximum Gasteiger partial charge on any atom is 0.235 e. The molecule has 0 unspecified atom stereocenters. The molecule has 1 saturated heterocycles. The quantitative estimate of drug-likeness (QED) is 0.179. The van der Waals surface area contributed by atoms with E-state index in [0.29, 0.717) is 35.0 Å². The van der Waals surface area contributed by atoms with Gasteiger partial charge < -0.3 is 5.32 Å². The van der Waals surface area contributed by atoms with Crippen molar-refractivity contribution in [3.05, 3.63) is 99.0 Å². The van der Waals surface area contributed by atoms with Crippen LogP contribution in [0.3, 0.4) is 0 Å². The molecule has 0 radical (unpaired) electrons. The molecule has 2 atom stereocenters. The predicted octanol–water partition coefficient (Wildman–Crippen LogP) is 7.09. The number of rotatable bonds is 7. The van der Waals surface area contributed by atoms with Crippen molar-refractivity contribution in [3.8, 4) is 0 Å². The molecule has 1 heterocycles. The Morgan fingerprint density at radius 2 is 1.28 bits per heavy atom. The number of anilines is 1. The molecule has 1 aliphatic heterocycles. The fourth-order valence-corrected chi connectivity index (χ4v) is 7.92. The lowest BCUT2D eigenvalue weighted by atomic mass is 9.54. The molecule has 3 aromatic carbocycles. The second-order valence-electron chi connectivity index (χ2n) is 10.3. The van der Waals surface area contributed by atoms with E-state index in [9.17, 15) is 14.4 Å². The maximum atomic E-state index is 13.8. The van der Waals surface area contributed by atoms with Crippen LogP contribution in [0.4, 0.5) is 5.69 Å². The van der Waals surface area contributed by atoms with E-state index < -0.39 is 21.6 Å². The Labute approximate surface area is 246 Å². The van der Waals surface area contributed by atoms with Gasteiger partial charge in [0.2, 0.25) is 17.7 Å². The second-order valence-corrected chi connectivity index (χ2v) is 12.3. The zero-order valence-corrected chi connectivity index (χ0v) is 23.7. The van der Waals surface area contributed by atoms with E-state index in [2.05, 4.69) is 5.32 Å². The molecule has 0 saturated carbocycles. The van der Waals surface area contributed by atoms with E-state index in [-0.39, 0.29) is 30.7 Å². The Morgan fingerprint density at radius 1 is 0.769 bits per heavy atom. The van der Waals surface area contributed by atoms with Crippen LogP contribution in [-0.2, 0) is 24.1 Å². The highest BCUT2D eigenvalue weighted by Crippen LogP contribution is 2.69. The number of halogens is 4. The largest absolute Gasteiger partial charge is 0.325 e. The lowest BCUT2D eigenvalue weighted by Gasteiger charge is -2.54. The summed E-state index contributed by atoms with van der Waals surface area (Å²) in [6, 6.07) is 20.1. The number of hydrogen-bond acceptors (Lipinski definition) is 3. The Kier molecular flexibility index (Phi) is 6.70. The molecule has 1 fully saturated rings. The van der Waals surface area contributed by atoms with Gasteiger partial charge >= 0.3 is 0 Å². The number of alkyl halides is 2. The fourth-order valence-electron chi connectivity index (χ4n) is 6.48. The third-order valence-corrected chi connectivity index (χ3v) is 10.0. The highest BCUT2D eigenvalue weighted by Gasteiger charge is 2.72. The number of imide groups is 1. The molecule has 3 aliphatic carbocycles. The monoisotopic (exact) mass is 600 g/mol. The first-order valence-electron chi connectivity index (χ1n) is 12.9. The van der Waals surface area contributed by atoms with Gasteiger partial charge in [-0.1, -0.05) is 78.2 Å². The molecule has 7 rings (SSSR count). The molecule has 39 heavy (non-hydrogen) atoms. The average Bonchev–Trinajstić information content (AvgIpc) is 3.19. The number of nitrogens with zero attached hydrogens (tertiary/aromatic N) is 1. The fraction of sp³-hybridized carbons (Fsp3) is 0.300. The second kappa shape index (κ2) is 9.81. The summed E-state index contributed by atoms with van der Waals surface area (Å²) in [6.45, 7) is 0.249. The highest BCUT2D eigenvalue weighted by atomic mass is 35.5. The van der Waals surface area contributed by atoms with Crippen LogP contribution in [0.2, 0.25) is 10.0 Å².